The quantitative estimate of drug-likeness (QED) is 0.169. The zero-order valence-corrected chi connectivity index (χ0v) is 31.6. The number of ether oxygens (including phenoxy) is 2. The minimum atomic E-state index is -0.780. The van der Waals surface area contributed by atoms with Crippen LogP contribution in [0.1, 0.15) is 62.2 Å². The average molecular weight is 769 g/mol. The number of aromatic amines is 1. The van der Waals surface area contributed by atoms with Gasteiger partial charge in [0.15, 0.2) is 17.4 Å². The van der Waals surface area contributed by atoms with Crippen molar-refractivity contribution in [2.45, 2.75) is 64.5 Å². The minimum Gasteiger partial charge on any atom is -0.495 e. The number of hydrogen-bond donors (Lipinski definition) is 1. The van der Waals surface area contributed by atoms with Crippen LogP contribution in [-0.4, -0.2) is 80.7 Å². The first kappa shape index (κ1) is 38.6. The maximum atomic E-state index is 15.5. The third-order valence-corrected chi connectivity index (χ3v) is 11.0. The van der Waals surface area contributed by atoms with Crippen molar-refractivity contribution in [1.29, 1.82) is 0 Å². The van der Waals surface area contributed by atoms with E-state index in [4.69, 9.17) is 9.47 Å². The lowest BCUT2D eigenvalue weighted by Gasteiger charge is -2.35. The lowest BCUT2D eigenvalue weighted by atomic mass is 9.92. The first-order valence-corrected chi connectivity index (χ1v) is 19.3. The molecule has 0 bridgehead atoms. The molecule has 5 heterocycles. The number of hydrogen-bond acceptors (Lipinski definition) is 8. The van der Waals surface area contributed by atoms with Crippen molar-refractivity contribution < 1.29 is 23.0 Å². The van der Waals surface area contributed by atoms with Gasteiger partial charge in [0, 0.05) is 74.7 Å². The van der Waals surface area contributed by atoms with Crippen LogP contribution in [0.25, 0.3) is 27.6 Å². The van der Waals surface area contributed by atoms with Crippen molar-refractivity contribution in [1.82, 2.24) is 28.9 Å². The zero-order valence-electron chi connectivity index (χ0n) is 31.6. The van der Waals surface area contributed by atoms with E-state index in [0.29, 0.717) is 77.3 Å². The SMILES string of the molecule is CCCCn1cc(-c2cc(F)c(OC3CCN(CCC4CCN(C(=O)c5ccc(OC)c(-n6ccc(=O)[nH]c6=O)c5)CC4)CC3)c(F)c2)c2ccncc2c1=O. The van der Waals surface area contributed by atoms with Gasteiger partial charge in [0.1, 0.15) is 11.9 Å². The van der Waals surface area contributed by atoms with Crippen molar-refractivity contribution in [3.63, 3.8) is 0 Å². The molecular formula is C42H46F2N6O6. The molecule has 3 aromatic heterocycles. The number of likely N-dealkylation sites (tertiary alicyclic amines) is 2. The third kappa shape index (κ3) is 8.30. The molecular weight excluding hydrogens is 722 g/mol. The normalized spacial score (nSPS) is 15.7. The Kier molecular flexibility index (Phi) is 11.7. The van der Waals surface area contributed by atoms with Gasteiger partial charge in [-0.3, -0.25) is 28.9 Å². The number of aromatic nitrogens is 4. The van der Waals surface area contributed by atoms with Crippen LogP contribution >= 0.6 is 0 Å². The number of aryl methyl sites for hydroxylation is 1. The Labute approximate surface area is 322 Å². The lowest BCUT2D eigenvalue weighted by Crippen LogP contribution is -2.41. The smallest absolute Gasteiger partial charge is 0.333 e. The first-order valence-electron chi connectivity index (χ1n) is 19.3. The van der Waals surface area contributed by atoms with E-state index in [1.54, 1.807) is 41.2 Å². The molecule has 56 heavy (non-hydrogen) atoms. The van der Waals surface area contributed by atoms with E-state index in [1.807, 2.05) is 11.8 Å². The summed E-state index contributed by atoms with van der Waals surface area (Å²) in [6.45, 7) is 6.16. The van der Waals surface area contributed by atoms with E-state index in [0.717, 1.165) is 51.7 Å². The predicted octanol–water partition coefficient (Wildman–Crippen LogP) is 5.78. The van der Waals surface area contributed by atoms with Crippen LogP contribution in [0.4, 0.5) is 8.78 Å². The number of carbonyl (C=O) groups is 1. The summed E-state index contributed by atoms with van der Waals surface area (Å²) in [5, 5.41) is 0.989. The van der Waals surface area contributed by atoms with Crippen molar-refractivity contribution in [2.75, 3.05) is 39.8 Å². The Morgan fingerprint density at radius 2 is 1.68 bits per heavy atom. The third-order valence-electron chi connectivity index (χ3n) is 11.0. The van der Waals surface area contributed by atoms with Gasteiger partial charge in [-0.15, -0.1) is 0 Å². The van der Waals surface area contributed by atoms with Gasteiger partial charge in [0.05, 0.1) is 18.2 Å². The van der Waals surface area contributed by atoms with Crippen LogP contribution in [0.3, 0.4) is 0 Å². The van der Waals surface area contributed by atoms with Gasteiger partial charge in [-0.05, 0) is 98.3 Å². The summed E-state index contributed by atoms with van der Waals surface area (Å²) in [5.41, 5.74) is 0.357. The summed E-state index contributed by atoms with van der Waals surface area (Å²) in [6.07, 6.45) is 11.5. The van der Waals surface area contributed by atoms with E-state index in [2.05, 4.69) is 14.9 Å². The molecule has 1 amide bonds. The van der Waals surface area contributed by atoms with Gasteiger partial charge in [-0.2, -0.15) is 0 Å². The molecule has 7 rings (SSSR count). The molecule has 2 aliphatic rings. The van der Waals surface area contributed by atoms with Crippen molar-refractivity contribution in [3.05, 3.63) is 116 Å². The van der Waals surface area contributed by atoms with Crippen LogP contribution in [0.5, 0.6) is 11.5 Å². The molecule has 1 N–H and O–H groups in total. The maximum absolute atomic E-state index is 15.5. The van der Waals surface area contributed by atoms with Crippen molar-refractivity contribution in [3.8, 4) is 28.3 Å². The topological polar surface area (TPSA) is 132 Å². The van der Waals surface area contributed by atoms with Crippen LogP contribution in [0, 0.1) is 17.6 Å². The minimum absolute atomic E-state index is 0.131. The molecule has 14 heteroatoms. The summed E-state index contributed by atoms with van der Waals surface area (Å²) in [7, 11) is 1.47. The number of nitrogens with one attached hydrogen (secondary N) is 1. The number of carbonyl (C=O) groups excluding carboxylic acids is 1. The fraction of sp³-hybridized carbons (Fsp3) is 0.405. The van der Waals surface area contributed by atoms with Crippen LogP contribution in [0.15, 0.2) is 81.6 Å². The van der Waals surface area contributed by atoms with Crippen molar-refractivity contribution in [2.24, 2.45) is 5.92 Å². The number of nitrogens with zero attached hydrogens (tertiary/aromatic N) is 5. The summed E-state index contributed by atoms with van der Waals surface area (Å²) in [5.74, 6) is -1.22. The number of halogens is 2. The van der Waals surface area contributed by atoms with E-state index < -0.39 is 22.9 Å². The highest BCUT2D eigenvalue weighted by Crippen LogP contribution is 2.34. The Balaban J connectivity index is 0.908. The molecule has 0 atom stereocenters. The number of amides is 1. The monoisotopic (exact) mass is 768 g/mol. The highest BCUT2D eigenvalue weighted by Gasteiger charge is 2.28. The molecule has 2 saturated heterocycles. The highest BCUT2D eigenvalue weighted by atomic mass is 19.1. The first-order chi connectivity index (χ1) is 27.1. The number of piperidine rings is 2. The lowest BCUT2D eigenvalue weighted by molar-refractivity contribution is 0.0663. The molecule has 0 radical (unpaired) electrons. The molecule has 0 unspecified atom stereocenters. The second-order valence-corrected chi connectivity index (χ2v) is 14.6. The molecule has 5 aromatic rings. The average Bonchev–Trinajstić information content (AvgIpc) is 3.21. The van der Waals surface area contributed by atoms with E-state index >= 15 is 8.78 Å². The second-order valence-electron chi connectivity index (χ2n) is 14.6. The molecule has 0 spiro atoms. The van der Waals surface area contributed by atoms with Crippen LogP contribution in [0.2, 0.25) is 0 Å². The predicted molar refractivity (Wildman–Crippen MR) is 209 cm³/mol. The summed E-state index contributed by atoms with van der Waals surface area (Å²) in [6, 6.07) is 10.4. The van der Waals surface area contributed by atoms with Gasteiger partial charge in [-0.1, -0.05) is 13.3 Å². The number of pyridine rings is 2. The van der Waals surface area contributed by atoms with Gasteiger partial charge >= 0.3 is 5.69 Å². The van der Waals surface area contributed by atoms with Crippen LogP contribution < -0.4 is 26.3 Å². The Morgan fingerprint density at radius 3 is 2.38 bits per heavy atom. The Hall–Kier alpha value is -5.63. The van der Waals surface area contributed by atoms with Gasteiger partial charge < -0.3 is 23.8 Å². The number of fused-ring (bicyclic) bond motifs is 1. The summed E-state index contributed by atoms with van der Waals surface area (Å²) >= 11 is 0. The summed E-state index contributed by atoms with van der Waals surface area (Å²) in [4.78, 5) is 61.1. The van der Waals surface area contributed by atoms with E-state index in [1.165, 1.54) is 42.3 Å². The van der Waals surface area contributed by atoms with Gasteiger partial charge in [0.2, 0.25) is 0 Å². The highest BCUT2D eigenvalue weighted by molar-refractivity contribution is 5.96. The summed E-state index contributed by atoms with van der Waals surface area (Å²) < 4.78 is 45.3. The molecule has 12 nitrogen and oxygen atoms in total. The number of methoxy groups -OCH3 is 1. The fourth-order valence-corrected chi connectivity index (χ4v) is 7.80. The Bertz CT molecular complexity index is 2370. The second kappa shape index (κ2) is 17.0. The molecule has 0 saturated carbocycles. The maximum Gasteiger partial charge on any atom is 0.333 e. The Morgan fingerprint density at radius 1 is 0.929 bits per heavy atom. The standard InChI is InChI=1S/C42H46F2N6O6/c1-3-4-15-49-26-33(31-7-14-45-25-32(31)41(49)53)29-22-34(43)39(35(44)23-29)56-30-11-17-47(18-12-30)16-8-27-9-19-48(20-10-27)40(52)28-5-6-37(55-2)36(24-28)50-21-13-38(51)46-42(50)54/h5-7,13-14,21-27,30H,3-4,8-12,15-20H2,1-2H3,(H,46,51,54). The molecule has 2 fully saturated rings. The van der Waals surface area contributed by atoms with Gasteiger partial charge in [-0.25, -0.2) is 13.6 Å². The van der Waals surface area contributed by atoms with E-state index in [9.17, 15) is 19.2 Å². The number of unbranched alkanes of at least 4 members (excludes halogenated alkanes) is 1. The molecule has 2 aliphatic heterocycles. The number of H-pyrrole nitrogens is 1. The zero-order chi connectivity index (χ0) is 39.3. The molecule has 294 valence electrons. The number of benzene rings is 2. The van der Waals surface area contributed by atoms with E-state index in [-0.39, 0.29) is 23.3 Å². The van der Waals surface area contributed by atoms with Gasteiger partial charge in [0.25, 0.3) is 17.0 Å². The van der Waals surface area contributed by atoms with Crippen molar-refractivity contribution >= 4 is 16.7 Å². The molecule has 0 aliphatic carbocycles. The van der Waals surface area contributed by atoms with Crippen LogP contribution in [-0.2, 0) is 6.54 Å². The fourth-order valence-electron chi connectivity index (χ4n) is 7.80. The largest absolute Gasteiger partial charge is 0.495 e. The molecule has 2 aromatic carbocycles. The number of rotatable bonds is 12.